The van der Waals surface area contributed by atoms with E-state index in [0.29, 0.717) is 5.82 Å². The van der Waals surface area contributed by atoms with E-state index in [4.69, 9.17) is 17.3 Å². The van der Waals surface area contributed by atoms with Crippen LogP contribution in [0.5, 0.6) is 0 Å². The Kier molecular flexibility index (Phi) is 4.33. The number of unbranched alkanes of at least 4 members (excludes halogenated alkanes) is 1. The number of nitrogen functional groups attached to an aromatic ring is 1. The molecule has 4 heteroatoms. The minimum absolute atomic E-state index is 0.587. The number of aryl methyl sites for hydroxylation is 4. The second-order valence-corrected chi connectivity index (χ2v) is 6.08. The molecule has 0 spiro atoms. The fourth-order valence-corrected chi connectivity index (χ4v) is 3.48. The number of nitrogens with zero attached hydrogens (tertiary/aromatic N) is 3. The second-order valence-electron chi connectivity index (χ2n) is 6.08. The molecule has 0 saturated carbocycles. The molecule has 4 nitrogen and oxygen atoms in total. The number of anilines is 1. The number of pyridine rings is 1. The third-order valence-corrected chi connectivity index (χ3v) is 4.47. The quantitative estimate of drug-likeness (QED) is 0.680. The summed E-state index contributed by atoms with van der Waals surface area (Å²) in [5.74, 6) is 3.32. The summed E-state index contributed by atoms with van der Waals surface area (Å²) in [5, 5.41) is 6.04. The van der Waals surface area contributed by atoms with E-state index in [0.717, 1.165) is 50.6 Å². The molecule has 0 saturated heterocycles. The zero-order valence-corrected chi connectivity index (χ0v) is 13.4. The van der Waals surface area contributed by atoms with Gasteiger partial charge in [-0.25, -0.2) is 4.98 Å². The van der Waals surface area contributed by atoms with Gasteiger partial charge >= 0.3 is 0 Å². The largest absolute Gasteiger partial charge is 0.382 e. The molecule has 22 heavy (non-hydrogen) atoms. The molecule has 2 aromatic heterocycles. The second kappa shape index (κ2) is 6.39. The molecule has 3 rings (SSSR count). The van der Waals surface area contributed by atoms with Gasteiger partial charge in [0.1, 0.15) is 5.52 Å². The molecule has 1 aliphatic rings. The van der Waals surface area contributed by atoms with Crippen molar-refractivity contribution in [1.29, 1.82) is 0 Å². The Morgan fingerprint density at radius 2 is 2.14 bits per heavy atom. The number of fused-ring (bicyclic) bond motifs is 3. The van der Waals surface area contributed by atoms with Crippen molar-refractivity contribution in [2.24, 2.45) is 0 Å². The summed E-state index contributed by atoms with van der Waals surface area (Å²) in [4.78, 5) is 4.62. The molecule has 0 amide bonds. The fourth-order valence-electron chi connectivity index (χ4n) is 3.48. The van der Waals surface area contributed by atoms with Crippen LogP contribution < -0.4 is 5.73 Å². The van der Waals surface area contributed by atoms with Gasteiger partial charge in [-0.15, -0.1) is 12.3 Å². The lowest BCUT2D eigenvalue weighted by atomic mass is 9.92. The van der Waals surface area contributed by atoms with E-state index in [1.807, 2.05) is 0 Å². The highest BCUT2D eigenvalue weighted by Crippen LogP contribution is 2.33. The maximum Gasteiger partial charge on any atom is 0.152 e. The standard InChI is InChI=1S/C18H24N4/c1-3-5-6-11-15-16-13-9-7-8-10-14(13)20-18(19)17(16)21-22(15)12-4-2/h1H,4-12H2,2H3,(H2,19,20). The number of aromatic nitrogens is 3. The third-order valence-electron chi connectivity index (χ3n) is 4.47. The average Bonchev–Trinajstić information content (AvgIpc) is 2.88. The van der Waals surface area contributed by atoms with E-state index in [2.05, 4.69) is 22.5 Å². The smallest absolute Gasteiger partial charge is 0.152 e. The van der Waals surface area contributed by atoms with Gasteiger partial charge in [-0.05, 0) is 50.5 Å². The van der Waals surface area contributed by atoms with Gasteiger partial charge in [-0.2, -0.15) is 5.10 Å². The summed E-state index contributed by atoms with van der Waals surface area (Å²) in [6.07, 6.45) is 13.8. The van der Waals surface area contributed by atoms with Crippen LogP contribution in [0.4, 0.5) is 5.82 Å². The summed E-state index contributed by atoms with van der Waals surface area (Å²) >= 11 is 0. The van der Waals surface area contributed by atoms with Crippen LogP contribution in [0.15, 0.2) is 0 Å². The van der Waals surface area contributed by atoms with Crippen LogP contribution in [0.3, 0.4) is 0 Å². The highest BCUT2D eigenvalue weighted by molar-refractivity contribution is 5.93. The Hall–Kier alpha value is -2.02. The highest BCUT2D eigenvalue weighted by Gasteiger charge is 2.22. The normalized spacial score (nSPS) is 14.0. The minimum Gasteiger partial charge on any atom is -0.382 e. The fraction of sp³-hybridized carbons (Fsp3) is 0.556. The molecule has 0 fully saturated rings. The maximum absolute atomic E-state index is 6.19. The number of terminal acetylenes is 1. The molecule has 2 N–H and O–H groups in total. The van der Waals surface area contributed by atoms with Gasteiger partial charge in [-0.3, -0.25) is 4.68 Å². The maximum atomic E-state index is 6.19. The molecule has 1 aliphatic carbocycles. The van der Waals surface area contributed by atoms with Crippen LogP contribution in [-0.4, -0.2) is 14.8 Å². The van der Waals surface area contributed by atoms with E-state index in [-0.39, 0.29) is 0 Å². The summed E-state index contributed by atoms with van der Waals surface area (Å²) in [6, 6.07) is 0. The van der Waals surface area contributed by atoms with Crippen molar-refractivity contribution in [2.75, 3.05) is 5.73 Å². The first-order valence-corrected chi connectivity index (χ1v) is 8.36. The van der Waals surface area contributed by atoms with Crippen molar-refractivity contribution >= 4 is 16.7 Å². The van der Waals surface area contributed by atoms with Crippen LogP contribution >= 0.6 is 0 Å². The first-order valence-electron chi connectivity index (χ1n) is 8.36. The van der Waals surface area contributed by atoms with Crippen molar-refractivity contribution in [3.8, 4) is 12.3 Å². The predicted octanol–water partition coefficient (Wildman–Crippen LogP) is 3.26. The lowest BCUT2D eigenvalue weighted by Gasteiger charge is -2.17. The summed E-state index contributed by atoms with van der Waals surface area (Å²) < 4.78 is 2.13. The minimum atomic E-state index is 0.587. The SMILES string of the molecule is C#CCCCc1c2c3c(nc(N)c2nn1CCC)CCCC3. The molecular formula is C18H24N4. The predicted molar refractivity (Wildman–Crippen MR) is 90.6 cm³/mol. The Morgan fingerprint density at radius 3 is 2.91 bits per heavy atom. The van der Waals surface area contributed by atoms with Crippen LogP contribution in [0.2, 0.25) is 0 Å². The van der Waals surface area contributed by atoms with Gasteiger partial charge < -0.3 is 5.73 Å². The molecule has 0 aliphatic heterocycles. The van der Waals surface area contributed by atoms with Gasteiger partial charge in [0.2, 0.25) is 0 Å². The Bertz CT molecular complexity index is 721. The van der Waals surface area contributed by atoms with Gasteiger partial charge in [0, 0.05) is 29.7 Å². The molecule has 2 aromatic rings. The lowest BCUT2D eigenvalue weighted by Crippen LogP contribution is -2.09. The monoisotopic (exact) mass is 296 g/mol. The molecular weight excluding hydrogens is 272 g/mol. The number of hydrogen-bond donors (Lipinski definition) is 1. The van der Waals surface area contributed by atoms with E-state index in [1.165, 1.54) is 35.2 Å². The molecule has 0 unspecified atom stereocenters. The van der Waals surface area contributed by atoms with Crippen LogP contribution in [0.25, 0.3) is 10.9 Å². The van der Waals surface area contributed by atoms with Crippen LogP contribution in [0.1, 0.15) is 56.0 Å². The lowest BCUT2D eigenvalue weighted by molar-refractivity contribution is 0.574. The summed E-state index contributed by atoms with van der Waals surface area (Å²) in [7, 11) is 0. The van der Waals surface area contributed by atoms with Crippen LogP contribution in [-0.2, 0) is 25.8 Å². The van der Waals surface area contributed by atoms with Gasteiger partial charge in [0.15, 0.2) is 5.82 Å². The van der Waals surface area contributed by atoms with Crippen molar-refractivity contribution in [3.63, 3.8) is 0 Å². The Balaban J connectivity index is 2.16. The first-order chi connectivity index (χ1) is 10.8. The molecule has 0 bridgehead atoms. The highest BCUT2D eigenvalue weighted by atomic mass is 15.3. The molecule has 116 valence electrons. The van der Waals surface area contributed by atoms with Gasteiger partial charge in [0.25, 0.3) is 0 Å². The number of nitrogens with two attached hydrogens (primary N) is 1. The topological polar surface area (TPSA) is 56.7 Å². The third kappa shape index (κ3) is 2.56. The van der Waals surface area contributed by atoms with E-state index in [9.17, 15) is 0 Å². The van der Waals surface area contributed by atoms with E-state index < -0.39 is 0 Å². The van der Waals surface area contributed by atoms with E-state index in [1.54, 1.807) is 0 Å². The van der Waals surface area contributed by atoms with Crippen molar-refractivity contribution in [2.45, 2.75) is 64.8 Å². The Morgan fingerprint density at radius 1 is 1.32 bits per heavy atom. The molecule has 0 atom stereocenters. The van der Waals surface area contributed by atoms with E-state index >= 15 is 0 Å². The van der Waals surface area contributed by atoms with Gasteiger partial charge in [0.05, 0.1) is 0 Å². The molecule has 2 heterocycles. The Labute approximate surface area is 132 Å². The van der Waals surface area contributed by atoms with Crippen molar-refractivity contribution in [3.05, 3.63) is 17.0 Å². The van der Waals surface area contributed by atoms with Crippen molar-refractivity contribution < 1.29 is 0 Å². The number of hydrogen-bond acceptors (Lipinski definition) is 3. The molecule has 0 radical (unpaired) electrons. The summed E-state index contributed by atoms with van der Waals surface area (Å²) in [5.41, 5.74) is 11.0. The number of rotatable bonds is 5. The average molecular weight is 296 g/mol. The van der Waals surface area contributed by atoms with Crippen molar-refractivity contribution in [1.82, 2.24) is 14.8 Å². The van der Waals surface area contributed by atoms with Crippen LogP contribution in [0, 0.1) is 12.3 Å². The zero-order valence-electron chi connectivity index (χ0n) is 13.4. The van der Waals surface area contributed by atoms with Gasteiger partial charge in [-0.1, -0.05) is 6.92 Å². The first kappa shape index (κ1) is 14.9. The summed E-state index contributed by atoms with van der Waals surface area (Å²) in [6.45, 7) is 3.10. The zero-order chi connectivity index (χ0) is 15.5. The molecule has 0 aromatic carbocycles.